The Morgan fingerprint density at radius 1 is 1.03 bits per heavy atom. The predicted molar refractivity (Wildman–Crippen MR) is 126 cm³/mol. The van der Waals surface area contributed by atoms with Gasteiger partial charge in [-0.05, 0) is 41.5 Å². The van der Waals surface area contributed by atoms with Crippen molar-refractivity contribution in [1.82, 2.24) is 14.5 Å². The first-order valence-corrected chi connectivity index (χ1v) is 11.8. The molecule has 0 amide bonds. The molecule has 34 heavy (non-hydrogen) atoms. The van der Waals surface area contributed by atoms with Crippen LogP contribution in [-0.4, -0.2) is 42.1 Å². The fourth-order valence-corrected chi connectivity index (χ4v) is 4.61. The maximum Gasteiger partial charge on any atom is 0.240 e. The second-order valence-electron chi connectivity index (χ2n) is 7.63. The summed E-state index contributed by atoms with van der Waals surface area (Å²) in [6, 6.07) is 15.1. The van der Waals surface area contributed by atoms with E-state index in [-0.39, 0.29) is 10.7 Å². The summed E-state index contributed by atoms with van der Waals surface area (Å²) >= 11 is 0. The molecular formula is C24H19N5O4S. The molecular weight excluding hydrogens is 454 g/mol. The molecule has 4 aromatic rings. The number of ketones is 1. The number of hydrogen-bond acceptors (Lipinski definition) is 7. The van der Waals surface area contributed by atoms with E-state index >= 15 is 0 Å². The van der Waals surface area contributed by atoms with Crippen molar-refractivity contribution >= 4 is 22.0 Å². The Balaban J connectivity index is 1.48. The van der Waals surface area contributed by atoms with Crippen LogP contribution in [0.25, 0.3) is 16.8 Å². The van der Waals surface area contributed by atoms with Crippen molar-refractivity contribution < 1.29 is 17.9 Å². The lowest BCUT2D eigenvalue weighted by Crippen LogP contribution is -2.20. The first kappa shape index (κ1) is 21.7. The number of Topliss-reactive ketones (excluding diaryl/α,β-unsaturated/α-hetero) is 1. The molecule has 2 aromatic heterocycles. The number of hydrogen-bond donors (Lipinski definition) is 1. The number of pyridine rings is 1. The van der Waals surface area contributed by atoms with Crippen LogP contribution >= 0.6 is 0 Å². The summed E-state index contributed by atoms with van der Waals surface area (Å²) < 4.78 is 30.8. The summed E-state index contributed by atoms with van der Waals surface area (Å²) in [6.45, 7) is 0. The Kier molecular flexibility index (Phi) is 5.31. The van der Waals surface area contributed by atoms with Gasteiger partial charge >= 0.3 is 0 Å². The third-order valence-corrected chi connectivity index (χ3v) is 6.54. The Bertz CT molecular complexity index is 1520. The topological polar surface area (TPSA) is 130 Å². The number of aromatic nitrogens is 3. The fourth-order valence-electron chi connectivity index (χ4n) is 3.91. The monoisotopic (exact) mass is 473 g/mol. The molecule has 5 rings (SSSR count). The average molecular weight is 474 g/mol. The largest absolute Gasteiger partial charge is 0.497 e. The molecule has 1 atom stereocenters. The van der Waals surface area contributed by atoms with Gasteiger partial charge in [-0.1, -0.05) is 24.3 Å². The van der Waals surface area contributed by atoms with Crippen molar-refractivity contribution in [3.8, 4) is 22.6 Å². The number of carbonyl (C=O) groups excluding carboxylic acids is 1. The molecule has 0 saturated heterocycles. The zero-order valence-electron chi connectivity index (χ0n) is 18.0. The number of imidazole rings is 1. The lowest BCUT2D eigenvalue weighted by Gasteiger charge is -2.18. The summed E-state index contributed by atoms with van der Waals surface area (Å²) in [5, 5.41) is 5.33. The first-order chi connectivity index (χ1) is 16.4. The molecule has 0 radical (unpaired) electrons. The number of methoxy groups -OCH3 is 1. The van der Waals surface area contributed by atoms with Gasteiger partial charge in [0.1, 0.15) is 34.4 Å². The smallest absolute Gasteiger partial charge is 0.240 e. The van der Waals surface area contributed by atoms with Gasteiger partial charge in [0, 0.05) is 23.6 Å². The Labute approximate surface area is 195 Å². The minimum Gasteiger partial charge on any atom is -0.497 e. The number of nitrogens with zero attached hydrogens (tertiary/aromatic N) is 4. The van der Waals surface area contributed by atoms with E-state index in [1.165, 1.54) is 12.4 Å². The quantitative estimate of drug-likeness (QED) is 0.474. The van der Waals surface area contributed by atoms with Crippen molar-refractivity contribution in [3.63, 3.8) is 0 Å². The van der Waals surface area contributed by atoms with Crippen LogP contribution in [0, 0.1) is 0 Å². The van der Waals surface area contributed by atoms with Gasteiger partial charge in [-0.15, -0.1) is 0 Å². The van der Waals surface area contributed by atoms with E-state index in [0.717, 1.165) is 5.69 Å². The normalized spacial score (nSPS) is 15.2. The third kappa shape index (κ3) is 3.78. The third-order valence-electron chi connectivity index (χ3n) is 5.60. The van der Waals surface area contributed by atoms with Crippen molar-refractivity contribution in [2.75, 3.05) is 7.11 Å². The summed E-state index contributed by atoms with van der Waals surface area (Å²) in [5.74, 6) is 0.524. The highest BCUT2D eigenvalue weighted by molar-refractivity contribution is 7.89. The minimum atomic E-state index is -3.94. The van der Waals surface area contributed by atoms with Gasteiger partial charge in [-0.3, -0.25) is 19.3 Å². The Hall–Kier alpha value is -4.15. The standard InChI is InChI=1S/C24H19N5O4S/c1-33-18-8-6-17(7-9-18)29-14-28-20-12-27-22(24(30)23(20)29)16-4-2-15(3-5-16)19-10-11-26-13-21(19)34(25,31)32/h2-14,22H,1H3,(H2,25,31,32). The van der Waals surface area contributed by atoms with Crippen molar-refractivity contribution in [3.05, 3.63) is 90.3 Å². The molecule has 10 heteroatoms. The van der Waals surface area contributed by atoms with Crippen LogP contribution in [0.2, 0.25) is 0 Å². The van der Waals surface area contributed by atoms with E-state index in [1.807, 2.05) is 24.3 Å². The summed E-state index contributed by atoms with van der Waals surface area (Å²) in [5.41, 5.74) is 3.46. The van der Waals surface area contributed by atoms with Crippen LogP contribution in [-0.2, 0) is 10.0 Å². The van der Waals surface area contributed by atoms with E-state index in [2.05, 4.69) is 15.0 Å². The number of carbonyl (C=O) groups is 1. The SMILES string of the molecule is COc1ccc(-n2cnc3c2C(=O)C(c2ccc(-c4ccncc4S(N)(=O)=O)cc2)N=C3)cc1. The zero-order chi connectivity index (χ0) is 23.9. The lowest BCUT2D eigenvalue weighted by molar-refractivity contribution is 0.0953. The molecule has 1 unspecified atom stereocenters. The van der Waals surface area contributed by atoms with Gasteiger partial charge in [0.05, 0.1) is 13.3 Å². The number of primary sulfonamides is 1. The van der Waals surface area contributed by atoms with Gasteiger partial charge in [0.15, 0.2) is 0 Å². The van der Waals surface area contributed by atoms with E-state index in [0.29, 0.717) is 33.8 Å². The molecule has 0 aliphatic carbocycles. The maximum absolute atomic E-state index is 13.4. The number of aliphatic imine (C=N–C) groups is 1. The molecule has 9 nitrogen and oxygen atoms in total. The van der Waals surface area contributed by atoms with Gasteiger partial charge in [0.25, 0.3) is 0 Å². The number of sulfonamides is 1. The highest BCUT2D eigenvalue weighted by atomic mass is 32.2. The molecule has 3 heterocycles. The van der Waals surface area contributed by atoms with E-state index in [4.69, 9.17) is 9.88 Å². The lowest BCUT2D eigenvalue weighted by atomic mass is 9.96. The number of ether oxygens (including phenoxy) is 1. The second-order valence-corrected chi connectivity index (χ2v) is 9.16. The van der Waals surface area contributed by atoms with Crippen LogP contribution in [0.4, 0.5) is 0 Å². The molecule has 170 valence electrons. The molecule has 0 saturated carbocycles. The fraction of sp³-hybridized carbons (Fsp3) is 0.0833. The molecule has 0 bridgehead atoms. The Morgan fingerprint density at radius 3 is 2.44 bits per heavy atom. The van der Waals surface area contributed by atoms with Gasteiger partial charge in [0.2, 0.25) is 15.8 Å². The number of nitrogens with two attached hydrogens (primary N) is 1. The van der Waals surface area contributed by atoms with Crippen molar-refractivity contribution in [1.29, 1.82) is 0 Å². The van der Waals surface area contributed by atoms with Crippen molar-refractivity contribution in [2.24, 2.45) is 10.1 Å². The molecule has 2 aromatic carbocycles. The van der Waals surface area contributed by atoms with Crippen LogP contribution in [0.3, 0.4) is 0 Å². The number of rotatable bonds is 5. The zero-order valence-corrected chi connectivity index (χ0v) is 18.8. The summed E-state index contributed by atoms with van der Waals surface area (Å²) in [4.78, 5) is 26.0. The predicted octanol–water partition coefficient (Wildman–Crippen LogP) is 2.95. The second kappa shape index (κ2) is 8.32. The van der Waals surface area contributed by atoms with Gasteiger partial charge in [-0.2, -0.15) is 0 Å². The van der Waals surface area contributed by atoms with Crippen LogP contribution in [0.15, 0.2) is 83.2 Å². The summed E-state index contributed by atoms with van der Waals surface area (Å²) in [6.07, 6.45) is 5.90. The van der Waals surface area contributed by atoms with Crippen molar-refractivity contribution in [2.45, 2.75) is 10.9 Å². The van der Waals surface area contributed by atoms with Gasteiger partial charge in [-0.25, -0.2) is 18.5 Å². The highest BCUT2D eigenvalue weighted by Gasteiger charge is 2.31. The van der Waals surface area contributed by atoms with Crippen LogP contribution in [0.1, 0.15) is 27.8 Å². The Morgan fingerprint density at radius 2 is 1.76 bits per heavy atom. The number of benzene rings is 2. The summed E-state index contributed by atoms with van der Waals surface area (Å²) in [7, 11) is -2.35. The first-order valence-electron chi connectivity index (χ1n) is 10.2. The van der Waals surface area contributed by atoms with E-state index in [9.17, 15) is 13.2 Å². The molecule has 0 spiro atoms. The van der Waals surface area contributed by atoms with Gasteiger partial charge < -0.3 is 4.74 Å². The minimum absolute atomic E-state index is 0.0671. The average Bonchev–Trinajstić information content (AvgIpc) is 3.29. The number of fused-ring (bicyclic) bond motifs is 1. The molecule has 0 fully saturated rings. The maximum atomic E-state index is 13.4. The van der Waals surface area contributed by atoms with E-state index < -0.39 is 16.1 Å². The molecule has 1 aliphatic rings. The highest BCUT2D eigenvalue weighted by Crippen LogP contribution is 2.32. The molecule has 1 aliphatic heterocycles. The van der Waals surface area contributed by atoms with E-state index in [1.54, 1.807) is 54.6 Å². The molecule has 2 N–H and O–H groups in total. The van der Waals surface area contributed by atoms with Crippen LogP contribution < -0.4 is 9.88 Å². The van der Waals surface area contributed by atoms with Crippen LogP contribution in [0.5, 0.6) is 5.75 Å².